The summed E-state index contributed by atoms with van der Waals surface area (Å²) in [6.07, 6.45) is 1.85. The van der Waals surface area contributed by atoms with Gasteiger partial charge in [-0.15, -0.1) is 0 Å². The predicted molar refractivity (Wildman–Crippen MR) is 334 cm³/mol. The molecule has 2 fully saturated rings. The van der Waals surface area contributed by atoms with Crippen molar-refractivity contribution in [3.8, 4) is 0 Å². The van der Waals surface area contributed by atoms with E-state index in [1.54, 1.807) is 46.8 Å². The first kappa shape index (κ1) is 76.4. The second-order valence-electron chi connectivity index (χ2n) is 25.4. The molecule has 27 heteroatoms. The van der Waals surface area contributed by atoms with Gasteiger partial charge in [0.25, 0.3) is 10.0 Å². The van der Waals surface area contributed by atoms with Crippen LogP contribution in [0.25, 0.3) is 0 Å². The first-order chi connectivity index (χ1) is 41.2. The van der Waals surface area contributed by atoms with Gasteiger partial charge in [0.2, 0.25) is 47.3 Å². The Morgan fingerprint density at radius 2 is 1.40 bits per heavy atom. The van der Waals surface area contributed by atoms with Crippen LogP contribution in [0.1, 0.15) is 128 Å². The number of carbonyl (C=O) groups is 9. The van der Waals surface area contributed by atoms with Crippen LogP contribution >= 0.6 is 0 Å². The maximum absolute atomic E-state index is 14.4. The molecule has 0 spiro atoms. The van der Waals surface area contributed by atoms with Crippen LogP contribution in [0.2, 0.25) is 0 Å². The minimum absolute atomic E-state index is 0.00394. The van der Waals surface area contributed by atoms with Crippen LogP contribution in [-0.4, -0.2) is 211 Å². The largest absolute Gasteiger partial charge is 0.381 e. The first-order valence-corrected chi connectivity index (χ1v) is 32.5. The fourth-order valence-electron chi connectivity index (χ4n) is 11.7. The maximum Gasteiger partial charge on any atom is 0.312 e. The lowest BCUT2D eigenvalue weighted by Crippen LogP contribution is -2.59. The number of amides is 10. The van der Waals surface area contributed by atoms with Gasteiger partial charge < -0.3 is 57.2 Å². The molecule has 10 N–H and O–H groups in total. The normalized spacial score (nSPS) is 19.5. The van der Waals surface area contributed by atoms with Gasteiger partial charge in [-0.05, 0) is 113 Å². The van der Waals surface area contributed by atoms with E-state index >= 15 is 0 Å². The molecule has 13 atom stereocenters. The third-order valence-corrected chi connectivity index (χ3v) is 18.1. The number of ether oxygens (including phenoxy) is 3. The highest BCUT2D eigenvalue weighted by atomic mass is 32.2. The SMILES string of the molecule is CC[C@H](C)[C@@H]([C@@H](CCN1CCC[C@H]1[C@H](OC)[C@@H](C)C(=O)NS(=O)(=O)c1ccc(NC(=O)[C@H](CCCNC(N)=O)NC(=O)[C@@H](NC(=O)CC(C)COCC(C)CN2C(=O)CC(N)C2=O)C(C)C)cc1)OC)N(C)C(=O)[C@@H](NC(=O)[C@H](C(C)C)N(C)C)C(C)C. The number of methoxy groups -OCH3 is 2. The van der Waals surface area contributed by atoms with Crippen LogP contribution < -0.4 is 42.8 Å². The third kappa shape index (κ3) is 22.6. The van der Waals surface area contributed by atoms with Crippen molar-refractivity contribution < 1.29 is 65.8 Å². The van der Waals surface area contributed by atoms with Crippen LogP contribution in [0, 0.1) is 41.4 Å². The van der Waals surface area contributed by atoms with Crippen molar-refractivity contribution in [2.24, 2.45) is 52.9 Å². The molecule has 2 heterocycles. The number of likely N-dealkylation sites (N-methyl/N-ethyl adjacent to an activating group) is 2. The van der Waals surface area contributed by atoms with Gasteiger partial charge in [0, 0.05) is 65.7 Å². The van der Waals surface area contributed by atoms with E-state index in [2.05, 4.69) is 50.1 Å². The molecule has 0 bridgehead atoms. The average molecular weight is 1260 g/mol. The van der Waals surface area contributed by atoms with Crippen molar-refractivity contribution in [2.75, 3.05) is 80.1 Å². The van der Waals surface area contributed by atoms with Gasteiger partial charge in [0.05, 0.1) is 54.2 Å². The summed E-state index contributed by atoms with van der Waals surface area (Å²) in [7, 11) is 4.12. The molecule has 1 aromatic carbocycles. The molecule has 0 radical (unpaired) electrons. The highest BCUT2D eigenvalue weighted by Crippen LogP contribution is 2.30. The fourth-order valence-corrected chi connectivity index (χ4v) is 12.8. The summed E-state index contributed by atoms with van der Waals surface area (Å²) in [5, 5.41) is 13.7. The number of carbonyl (C=O) groups excluding carboxylic acids is 9. The van der Waals surface area contributed by atoms with E-state index in [9.17, 15) is 51.6 Å². The van der Waals surface area contributed by atoms with E-state index in [0.717, 1.165) is 17.7 Å². The van der Waals surface area contributed by atoms with Gasteiger partial charge in [0.15, 0.2) is 0 Å². The molecule has 0 aliphatic carbocycles. The minimum atomic E-state index is -4.45. The summed E-state index contributed by atoms with van der Waals surface area (Å²) < 4.78 is 47.8. The van der Waals surface area contributed by atoms with Crippen molar-refractivity contribution in [2.45, 2.75) is 187 Å². The predicted octanol–water partition coefficient (Wildman–Crippen LogP) is 2.39. The van der Waals surface area contributed by atoms with Gasteiger partial charge in [-0.25, -0.2) is 17.9 Å². The highest BCUT2D eigenvalue weighted by Gasteiger charge is 2.42. The zero-order valence-corrected chi connectivity index (χ0v) is 55.8. The Bertz CT molecular complexity index is 2580. The molecular weight excluding hydrogens is 1160 g/mol. The molecule has 3 unspecified atom stereocenters. The number of sulfonamides is 1. The number of nitrogens with one attached hydrogen (secondary N) is 6. The van der Waals surface area contributed by atoms with E-state index in [1.165, 1.54) is 31.4 Å². The molecule has 26 nitrogen and oxygen atoms in total. The van der Waals surface area contributed by atoms with E-state index in [4.69, 9.17) is 25.7 Å². The number of anilines is 1. The molecule has 0 saturated carbocycles. The topological polar surface area (TPSA) is 353 Å². The minimum Gasteiger partial charge on any atom is -0.381 e. The lowest BCUT2D eigenvalue weighted by Gasteiger charge is -2.41. The lowest BCUT2D eigenvalue weighted by molar-refractivity contribution is -0.143. The number of hydrogen-bond acceptors (Lipinski definition) is 17. The summed E-state index contributed by atoms with van der Waals surface area (Å²) in [6.45, 7) is 22.5. The van der Waals surface area contributed by atoms with Crippen LogP contribution in [0.15, 0.2) is 29.2 Å². The Hall–Kier alpha value is -5.84. The zero-order valence-electron chi connectivity index (χ0n) is 55.0. The molecule has 2 aliphatic heterocycles. The van der Waals surface area contributed by atoms with Gasteiger partial charge in [-0.1, -0.05) is 82.6 Å². The fraction of sp³-hybridized carbons (Fsp3) is 0.754. The Morgan fingerprint density at radius 1 is 0.773 bits per heavy atom. The number of nitrogens with zero attached hydrogens (tertiary/aromatic N) is 4. The highest BCUT2D eigenvalue weighted by molar-refractivity contribution is 7.90. The van der Waals surface area contributed by atoms with Crippen LogP contribution in [0.4, 0.5) is 10.5 Å². The molecule has 1 aromatic rings. The van der Waals surface area contributed by atoms with Crippen molar-refractivity contribution in [3.05, 3.63) is 24.3 Å². The number of nitrogens with two attached hydrogens (primary N) is 2. The molecule has 3 rings (SSSR count). The Morgan fingerprint density at radius 3 is 1.93 bits per heavy atom. The van der Waals surface area contributed by atoms with Crippen molar-refractivity contribution in [1.82, 2.24) is 45.6 Å². The van der Waals surface area contributed by atoms with Crippen LogP contribution in [0.3, 0.4) is 0 Å². The number of imide groups is 1. The monoisotopic (exact) mass is 1260 g/mol. The smallest absolute Gasteiger partial charge is 0.312 e. The van der Waals surface area contributed by atoms with E-state index in [-0.39, 0.29) is 122 Å². The van der Waals surface area contributed by atoms with Crippen molar-refractivity contribution in [3.63, 3.8) is 0 Å². The molecule has 2 saturated heterocycles. The summed E-state index contributed by atoms with van der Waals surface area (Å²) in [6, 6.07) is -0.568. The number of benzene rings is 1. The number of likely N-dealkylation sites (tertiary alicyclic amines) is 2. The second-order valence-corrected chi connectivity index (χ2v) is 27.1. The zero-order chi connectivity index (χ0) is 66.5. The standard InChI is InChI=1S/C61H106N12O14S/c1-17-40(10)53(71(14)60(81)51(36(4)5)68-58(79)52(37(6)7)70(12)13)47(85-15)26-29-72-28-19-21-46(72)54(86-16)41(11)55(76)69-88(83,84)43-24-22-42(23-25-43)65-56(77)45(20-18-27-64-61(63)82)66-57(78)50(35(2)3)67-48(74)30-38(8)33-87-34-39(9)32-73-49(75)31-44(62)59(73)80/h22-25,35-41,44-47,50-54H,17-21,26-34,62H2,1-16H3,(H,65,77)(H,66,78)(H,67,74)(H,68,79)(H,69,76)(H3,63,64,82)/t38?,39?,40-,41+,44?,45-,46-,47+,50-,51-,52-,53-,54+/m0/s1. The summed E-state index contributed by atoms with van der Waals surface area (Å²) in [5.41, 5.74) is 11.1. The van der Waals surface area contributed by atoms with Gasteiger partial charge in [0.1, 0.15) is 18.1 Å². The van der Waals surface area contributed by atoms with Crippen LogP contribution in [-0.2, 0) is 62.6 Å². The van der Waals surface area contributed by atoms with E-state index < -0.39 is 99.8 Å². The Balaban J connectivity index is 1.67. The van der Waals surface area contributed by atoms with Gasteiger partial charge in [-0.3, -0.25) is 53.1 Å². The Labute approximate surface area is 522 Å². The number of primary amides is 1. The molecule has 500 valence electrons. The molecule has 2 aliphatic rings. The molecule has 88 heavy (non-hydrogen) atoms. The summed E-state index contributed by atoms with van der Waals surface area (Å²) in [5.74, 6) is -5.69. The van der Waals surface area contributed by atoms with Gasteiger partial charge in [-0.2, -0.15) is 0 Å². The first-order valence-electron chi connectivity index (χ1n) is 31.0. The maximum atomic E-state index is 14.4. The Kier molecular flexibility index (Phi) is 31.4. The number of urea groups is 1. The number of hydrogen-bond donors (Lipinski definition) is 8. The van der Waals surface area contributed by atoms with E-state index in [0.29, 0.717) is 25.9 Å². The van der Waals surface area contributed by atoms with Crippen LogP contribution in [0.5, 0.6) is 0 Å². The number of rotatable bonds is 38. The second kappa shape index (κ2) is 36.1. The summed E-state index contributed by atoms with van der Waals surface area (Å²) >= 11 is 0. The summed E-state index contributed by atoms with van der Waals surface area (Å²) in [4.78, 5) is 125. The quantitative estimate of drug-likeness (QED) is 0.0348. The van der Waals surface area contributed by atoms with Crippen molar-refractivity contribution >= 4 is 69.0 Å². The van der Waals surface area contributed by atoms with Gasteiger partial charge >= 0.3 is 6.03 Å². The molecular formula is C61H106N12O14S. The van der Waals surface area contributed by atoms with E-state index in [1.807, 2.05) is 53.6 Å². The average Bonchev–Trinajstić information content (AvgIpc) is 2.34. The molecule has 10 amide bonds. The lowest BCUT2D eigenvalue weighted by atomic mass is 9.89. The third-order valence-electron chi connectivity index (χ3n) is 16.7. The van der Waals surface area contributed by atoms with Crippen molar-refractivity contribution in [1.29, 1.82) is 0 Å². The molecule has 0 aromatic heterocycles.